The molecule has 2 amide bonds. The molecule has 0 bridgehead atoms. The first-order valence-electron chi connectivity index (χ1n) is 9.73. The van der Waals surface area contributed by atoms with E-state index in [1.165, 1.54) is 4.90 Å². The maximum absolute atomic E-state index is 12.8. The van der Waals surface area contributed by atoms with E-state index in [1.807, 2.05) is 30.5 Å². The number of pyridine rings is 1. The third-order valence-corrected chi connectivity index (χ3v) is 5.18. The van der Waals surface area contributed by atoms with Crippen LogP contribution in [0.1, 0.15) is 20.8 Å². The van der Waals surface area contributed by atoms with E-state index in [4.69, 9.17) is 16.3 Å². The number of H-pyrrole nitrogens is 1. The quantitative estimate of drug-likeness (QED) is 0.655. The summed E-state index contributed by atoms with van der Waals surface area (Å²) in [6.07, 6.45) is 3.06. The van der Waals surface area contributed by atoms with E-state index >= 15 is 0 Å². The highest BCUT2D eigenvalue weighted by atomic mass is 35.5. The number of anilines is 1. The predicted octanol–water partition coefficient (Wildman–Crippen LogP) is 4.47. The zero-order chi connectivity index (χ0) is 21.5. The number of carbonyl (C=O) groups excluding carboxylic acids is 2. The van der Waals surface area contributed by atoms with Crippen LogP contribution in [-0.4, -0.2) is 52.1 Å². The van der Waals surface area contributed by atoms with Crippen LogP contribution < -0.4 is 4.90 Å². The van der Waals surface area contributed by atoms with Gasteiger partial charge in [0.05, 0.1) is 5.02 Å². The molecule has 4 rings (SSSR count). The molecule has 30 heavy (non-hydrogen) atoms. The van der Waals surface area contributed by atoms with Gasteiger partial charge in [-0.25, -0.2) is 9.78 Å². The van der Waals surface area contributed by atoms with Gasteiger partial charge in [-0.3, -0.25) is 9.69 Å². The predicted molar refractivity (Wildman–Crippen MR) is 117 cm³/mol. The molecular formula is C22H23ClN4O3. The van der Waals surface area contributed by atoms with Crippen LogP contribution in [0.15, 0.2) is 42.7 Å². The van der Waals surface area contributed by atoms with Gasteiger partial charge in [0.2, 0.25) is 5.91 Å². The number of nitrogens with zero attached hydrogens (tertiary/aromatic N) is 3. The Hall–Kier alpha value is -3.06. The summed E-state index contributed by atoms with van der Waals surface area (Å²) >= 11 is 6.38. The van der Waals surface area contributed by atoms with Crippen molar-refractivity contribution in [1.29, 1.82) is 0 Å². The summed E-state index contributed by atoms with van der Waals surface area (Å²) in [5, 5.41) is 1.46. The Morgan fingerprint density at radius 3 is 2.77 bits per heavy atom. The molecular weight excluding hydrogens is 404 g/mol. The van der Waals surface area contributed by atoms with Crippen LogP contribution in [0, 0.1) is 0 Å². The maximum atomic E-state index is 12.8. The number of rotatable bonds is 2. The number of amides is 2. The molecule has 3 heterocycles. The van der Waals surface area contributed by atoms with Crippen LogP contribution in [0.5, 0.6) is 0 Å². The number of carbonyl (C=O) groups is 2. The number of piperazine rings is 1. The molecule has 0 aliphatic carbocycles. The highest BCUT2D eigenvalue weighted by molar-refractivity contribution is 6.36. The summed E-state index contributed by atoms with van der Waals surface area (Å²) in [6, 6.07) is 9.47. The van der Waals surface area contributed by atoms with Gasteiger partial charge in [-0.05, 0) is 44.5 Å². The molecule has 3 aromatic rings. The first-order chi connectivity index (χ1) is 14.2. The zero-order valence-electron chi connectivity index (χ0n) is 17.1. The van der Waals surface area contributed by atoms with Gasteiger partial charge in [-0.15, -0.1) is 0 Å². The van der Waals surface area contributed by atoms with Crippen molar-refractivity contribution < 1.29 is 14.3 Å². The topological polar surface area (TPSA) is 78.5 Å². The molecule has 156 valence electrons. The second-order valence-corrected chi connectivity index (χ2v) is 8.62. The Labute approximate surface area is 179 Å². The van der Waals surface area contributed by atoms with E-state index in [1.54, 1.807) is 37.9 Å². The van der Waals surface area contributed by atoms with Gasteiger partial charge >= 0.3 is 6.09 Å². The number of hydrogen-bond acceptors (Lipinski definition) is 4. The van der Waals surface area contributed by atoms with Crippen molar-refractivity contribution in [2.24, 2.45) is 0 Å². The highest BCUT2D eigenvalue weighted by Crippen LogP contribution is 2.34. The summed E-state index contributed by atoms with van der Waals surface area (Å²) in [6.45, 7) is 6.22. The summed E-state index contributed by atoms with van der Waals surface area (Å²) in [7, 11) is 0. The molecule has 1 N–H and O–H groups in total. The average molecular weight is 427 g/mol. The Morgan fingerprint density at radius 2 is 2.03 bits per heavy atom. The number of aromatic nitrogens is 2. The van der Waals surface area contributed by atoms with Gasteiger partial charge in [-0.2, -0.15) is 0 Å². The average Bonchev–Trinajstić information content (AvgIpc) is 3.12. The Kier molecular flexibility index (Phi) is 5.15. The standard InChI is InChI=1S/C22H23ClN4O3/c1-22(2,3)30-21(29)26-9-10-27(18(28)13-26)15-6-4-5-14(11-15)16-12-25-20-19(16)17(23)7-8-24-20/h4-8,11-12H,9-10,13H2,1-3H3,(H,24,25). The summed E-state index contributed by atoms with van der Waals surface area (Å²) in [5.74, 6) is -0.150. The lowest BCUT2D eigenvalue weighted by molar-refractivity contribution is -0.121. The van der Waals surface area contributed by atoms with Crippen LogP contribution in [0.2, 0.25) is 5.02 Å². The molecule has 1 fully saturated rings. The lowest BCUT2D eigenvalue weighted by atomic mass is 10.0. The Balaban J connectivity index is 1.56. The second-order valence-electron chi connectivity index (χ2n) is 8.22. The molecule has 8 heteroatoms. The van der Waals surface area contributed by atoms with Gasteiger partial charge in [0.15, 0.2) is 0 Å². The number of ether oxygens (including phenoxy) is 1. The molecule has 1 aromatic carbocycles. The summed E-state index contributed by atoms with van der Waals surface area (Å²) < 4.78 is 5.38. The van der Waals surface area contributed by atoms with Crippen molar-refractivity contribution in [1.82, 2.24) is 14.9 Å². The fourth-order valence-electron chi connectivity index (χ4n) is 3.51. The van der Waals surface area contributed by atoms with E-state index in [-0.39, 0.29) is 12.5 Å². The molecule has 0 saturated carbocycles. The van der Waals surface area contributed by atoms with Gasteiger partial charge in [0.25, 0.3) is 0 Å². The van der Waals surface area contributed by atoms with E-state index < -0.39 is 11.7 Å². The number of aromatic amines is 1. The minimum absolute atomic E-state index is 0.0119. The number of fused-ring (bicyclic) bond motifs is 1. The number of hydrogen-bond donors (Lipinski definition) is 1. The molecule has 0 spiro atoms. The minimum Gasteiger partial charge on any atom is -0.444 e. The maximum Gasteiger partial charge on any atom is 0.410 e. The summed E-state index contributed by atoms with van der Waals surface area (Å²) in [4.78, 5) is 35.6. The van der Waals surface area contributed by atoms with Crippen molar-refractivity contribution >= 4 is 40.3 Å². The van der Waals surface area contributed by atoms with Crippen LogP contribution in [0.25, 0.3) is 22.2 Å². The largest absolute Gasteiger partial charge is 0.444 e. The third-order valence-electron chi connectivity index (χ3n) is 4.86. The van der Waals surface area contributed by atoms with Gasteiger partial charge in [0, 0.05) is 42.1 Å². The monoisotopic (exact) mass is 426 g/mol. The highest BCUT2D eigenvalue weighted by Gasteiger charge is 2.31. The molecule has 1 aliphatic heterocycles. The number of nitrogens with one attached hydrogen (secondary N) is 1. The van der Waals surface area contributed by atoms with Gasteiger partial charge in [-0.1, -0.05) is 23.7 Å². The smallest absolute Gasteiger partial charge is 0.410 e. The lowest BCUT2D eigenvalue weighted by Gasteiger charge is -2.35. The van der Waals surface area contributed by atoms with Crippen molar-refractivity contribution in [2.45, 2.75) is 26.4 Å². The molecule has 2 aromatic heterocycles. The first-order valence-corrected chi connectivity index (χ1v) is 10.1. The first kappa shape index (κ1) is 20.2. The summed E-state index contributed by atoms with van der Waals surface area (Å²) in [5.41, 5.74) is 2.74. The fraction of sp³-hybridized carbons (Fsp3) is 0.318. The van der Waals surface area contributed by atoms with E-state index in [0.717, 1.165) is 22.2 Å². The lowest BCUT2D eigenvalue weighted by Crippen LogP contribution is -2.53. The van der Waals surface area contributed by atoms with E-state index in [0.29, 0.717) is 23.8 Å². The SMILES string of the molecule is CC(C)(C)OC(=O)N1CCN(c2cccc(-c3c[nH]c4nccc(Cl)c34)c2)C(=O)C1. The van der Waals surface area contributed by atoms with Gasteiger partial charge < -0.3 is 14.6 Å². The minimum atomic E-state index is -0.596. The normalized spacial score (nSPS) is 15.0. The zero-order valence-corrected chi connectivity index (χ0v) is 17.9. The fourth-order valence-corrected chi connectivity index (χ4v) is 3.76. The van der Waals surface area contributed by atoms with Gasteiger partial charge in [0.1, 0.15) is 17.8 Å². The van der Waals surface area contributed by atoms with Crippen molar-refractivity contribution in [3.8, 4) is 11.1 Å². The van der Waals surface area contributed by atoms with E-state index in [2.05, 4.69) is 9.97 Å². The molecule has 0 unspecified atom stereocenters. The molecule has 1 saturated heterocycles. The Bertz CT molecular complexity index is 1120. The van der Waals surface area contributed by atoms with E-state index in [9.17, 15) is 9.59 Å². The molecule has 1 aliphatic rings. The van der Waals surface area contributed by atoms with Crippen LogP contribution in [0.3, 0.4) is 0 Å². The molecule has 0 atom stereocenters. The van der Waals surface area contributed by atoms with Crippen molar-refractivity contribution in [3.63, 3.8) is 0 Å². The Morgan fingerprint density at radius 1 is 1.23 bits per heavy atom. The molecule has 0 radical (unpaired) electrons. The number of benzene rings is 1. The van der Waals surface area contributed by atoms with Crippen molar-refractivity contribution in [3.05, 3.63) is 47.7 Å². The van der Waals surface area contributed by atoms with Crippen LogP contribution >= 0.6 is 11.6 Å². The molecule has 7 nitrogen and oxygen atoms in total. The second kappa shape index (κ2) is 7.65. The third kappa shape index (κ3) is 3.98. The van der Waals surface area contributed by atoms with Crippen molar-refractivity contribution in [2.75, 3.05) is 24.5 Å². The van der Waals surface area contributed by atoms with Crippen LogP contribution in [0.4, 0.5) is 10.5 Å². The van der Waals surface area contributed by atoms with Crippen LogP contribution in [-0.2, 0) is 9.53 Å². The number of halogens is 1.